The summed E-state index contributed by atoms with van der Waals surface area (Å²) in [6, 6.07) is 0. The van der Waals surface area contributed by atoms with Crippen molar-refractivity contribution < 1.29 is 14.3 Å². The zero-order valence-corrected chi connectivity index (χ0v) is 7.97. The third kappa shape index (κ3) is 2.51. The van der Waals surface area contributed by atoms with Crippen molar-refractivity contribution in [3.63, 3.8) is 0 Å². The molecule has 0 bridgehead atoms. The Hall–Kier alpha value is -1.43. The van der Waals surface area contributed by atoms with E-state index in [1.807, 2.05) is 0 Å². The van der Waals surface area contributed by atoms with Gasteiger partial charge in [0.1, 0.15) is 4.88 Å². The van der Waals surface area contributed by atoms with Crippen LogP contribution in [-0.2, 0) is 9.53 Å². The molecule has 1 aromatic rings. The van der Waals surface area contributed by atoms with E-state index in [9.17, 15) is 9.59 Å². The van der Waals surface area contributed by atoms with Crippen LogP contribution in [0.15, 0.2) is 6.20 Å². The number of nitrogens with zero attached hydrogens (tertiary/aromatic N) is 1. The smallest absolute Gasteiger partial charge is 0.349 e. The number of methoxy groups -OCH3 is 1. The van der Waals surface area contributed by atoms with Gasteiger partial charge >= 0.3 is 5.97 Å². The second-order valence-electron chi connectivity index (χ2n) is 2.20. The fraction of sp³-hybridized carbons (Fsp3) is 0.286. The van der Waals surface area contributed by atoms with Crippen LogP contribution >= 0.6 is 11.3 Å². The van der Waals surface area contributed by atoms with Crippen LogP contribution in [0.1, 0.15) is 16.6 Å². The summed E-state index contributed by atoms with van der Waals surface area (Å²) in [5, 5.41) is 2.86. The van der Waals surface area contributed by atoms with Gasteiger partial charge in [-0.1, -0.05) is 11.3 Å². The third-order valence-electron chi connectivity index (χ3n) is 1.18. The molecule has 1 rings (SSSR count). The van der Waals surface area contributed by atoms with Crippen molar-refractivity contribution in [2.75, 3.05) is 12.4 Å². The van der Waals surface area contributed by atoms with Gasteiger partial charge in [-0.05, 0) is 0 Å². The highest BCUT2D eigenvalue weighted by atomic mass is 32.1. The number of hydrogen-bond donors (Lipinski definition) is 1. The number of rotatable bonds is 2. The monoisotopic (exact) mass is 200 g/mol. The topological polar surface area (TPSA) is 68.3 Å². The van der Waals surface area contributed by atoms with Crippen LogP contribution in [0.5, 0.6) is 0 Å². The molecular formula is C7H8N2O3S. The Morgan fingerprint density at radius 2 is 2.31 bits per heavy atom. The molecule has 0 fully saturated rings. The fourth-order valence-electron chi connectivity index (χ4n) is 0.677. The standard InChI is InChI=1S/C7H8N2O3S/c1-4(10)9-7-8-3-5(13-7)6(11)12-2/h3H,1-2H3,(H,8,9,10). The number of ether oxygens (including phenoxy) is 1. The Morgan fingerprint density at radius 3 is 2.85 bits per heavy atom. The molecule has 13 heavy (non-hydrogen) atoms. The maximum atomic E-state index is 10.9. The average Bonchev–Trinajstić information content (AvgIpc) is 2.50. The molecule has 0 unspecified atom stereocenters. The van der Waals surface area contributed by atoms with E-state index in [0.717, 1.165) is 11.3 Å². The number of anilines is 1. The van der Waals surface area contributed by atoms with Crippen molar-refractivity contribution >= 4 is 28.3 Å². The first kappa shape index (κ1) is 9.66. The number of esters is 1. The molecule has 6 heteroatoms. The van der Waals surface area contributed by atoms with Crippen LogP contribution in [0.2, 0.25) is 0 Å². The third-order valence-corrected chi connectivity index (χ3v) is 2.07. The minimum Gasteiger partial charge on any atom is -0.465 e. The van der Waals surface area contributed by atoms with Gasteiger partial charge in [-0.3, -0.25) is 4.79 Å². The second kappa shape index (κ2) is 3.99. The molecule has 0 radical (unpaired) electrons. The Balaban J connectivity index is 2.74. The molecule has 0 aliphatic heterocycles. The molecule has 0 aliphatic carbocycles. The molecule has 0 spiro atoms. The van der Waals surface area contributed by atoms with Crippen molar-refractivity contribution in [2.45, 2.75) is 6.92 Å². The molecule has 1 N–H and O–H groups in total. The van der Waals surface area contributed by atoms with E-state index in [1.165, 1.54) is 20.2 Å². The lowest BCUT2D eigenvalue weighted by molar-refractivity contribution is -0.114. The highest BCUT2D eigenvalue weighted by molar-refractivity contribution is 7.17. The molecule has 0 atom stereocenters. The number of hydrogen-bond acceptors (Lipinski definition) is 5. The molecule has 1 amide bonds. The molecule has 70 valence electrons. The summed E-state index contributed by atoms with van der Waals surface area (Å²) in [4.78, 5) is 25.7. The minimum atomic E-state index is -0.450. The van der Waals surface area contributed by atoms with Gasteiger partial charge in [-0.2, -0.15) is 0 Å². The summed E-state index contributed by atoms with van der Waals surface area (Å²) in [6.07, 6.45) is 1.36. The van der Waals surface area contributed by atoms with E-state index in [1.54, 1.807) is 0 Å². The van der Waals surface area contributed by atoms with Gasteiger partial charge < -0.3 is 10.1 Å². The number of carbonyl (C=O) groups excluding carboxylic acids is 2. The minimum absolute atomic E-state index is 0.217. The average molecular weight is 200 g/mol. The van der Waals surface area contributed by atoms with Gasteiger partial charge in [-0.25, -0.2) is 9.78 Å². The van der Waals surface area contributed by atoms with Crippen molar-refractivity contribution in [2.24, 2.45) is 0 Å². The van der Waals surface area contributed by atoms with Crippen LogP contribution in [0, 0.1) is 0 Å². The second-order valence-corrected chi connectivity index (χ2v) is 3.23. The summed E-state index contributed by atoms with van der Waals surface area (Å²) < 4.78 is 4.47. The Morgan fingerprint density at radius 1 is 1.62 bits per heavy atom. The lowest BCUT2D eigenvalue weighted by atomic mass is 10.6. The Kier molecular flexibility index (Phi) is 2.97. The van der Waals surface area contributed by atoms with Crippen molar-refractivity contribution in [3.05, 3.63) is 11.1 Å². The first-order chi connectivity index (χ1) is 6.13. The number of nitrogens with one attached hydrogen (secondary N) is 1. The Labute approximate surface area is 78.7 Å². The van der Waals surface area contributed by atoms with Gasteiger partial charge in [-0.15, -0.1) is 0 Å². The predicted molar refractivity (Wildman–Crippen MR) is 47.8 cm³/mol. The number of amides is 1. The van der Waals surface area contributed by atoms with Crippen molar-refractivity contribution in [1.29, 1.82) is 0 Å². The quantitative estimate of drug-likeness (QED) is 0.720. The first-order valence-electron chi connectivity index (χ1n) is 3.45. The van der Waals surface area contributed by atoms with E-state index >= 15 is 0 Å². The molecule has 1 heterocycles. The number of thiazole rings is 1. The molecule has 0 saturated heterocycles. The van der Waals surface area contributed by atoms with Crippen LogP contribution in [-0.4, -0.2) is 24.0 Å². The molecule has 0 aromatic carbocycles. The van der Waals surface area contributed by atoms with Gasteiger partial charge in [0.05, 0.1) is 13.3 Å². The molecule has 5 nitrogen and oxygen atoms in total. The summed E-state index contributed by atoms with van der Waals surface area (Å²) in [5.41, 5.74) is 0. The van der Waals surface area contributed by atoms with Gasteiger partial charge in [0.15, 0.2) is 5.13 Å². The number of carbonyl (C=O) groups is 2. The number of aromatic nitrogens is 1. The Bertz CT molecular complexity index is 334. The van der Waals surface area contributed by atoms with Crippen LogP contribution in [0.3, 0.4) is 0 Å². The zero-order chi connectivity index (χ0) is 9.84. The van der Waals surface area contributed by atoms with Crippen LogP contribution in [0.25, 0.3) is 0 Å². The van der Waals surface area contributed by atoms with Crippen molar-refractivity contribution in [3.8, 4) is 0 Å². The molecule has 0 saturated carbocycles. The zero-order valence-electron chi connectivity index (χ0n) is 7.16. The SMILES string of the molecule is COC(=O)c1cnc(NC(C)=O)s1. The predicted octanol–water partition coefficient (Wildman–Crippen LogP) is 0.888. The van der Waals surface area contributed by atoms with Gasteiger partial charge in [0.25, 0.3) is 0 Å². The van der Waals surface area contributed by atoms with E-state index in [4.69, 9.17) is 0 Å². The highest BCUT2D eigenvalue weighted by Crippen LogP contribution is 2.18. The molecule has 1 aromatic heterocycles. The summed E-state index contributed by atoms with van der Waals surface area (Å²) in [5.74, 6) is -0.667. The normalized spacial score (nSPS) is 9.38. The molecular weight excluding hydrogens is 192 g/mol. The van der Waals surface area contributed by atoms with E-state index in [-0.39, 0.29) is 5.91 Å². The highest BCUT2D eigenvalue weighted by Gasteiger charge is 2.10. The van der Waals surface area contributed by atoms with E-state index in [0.29, 0.717) is 10.0 Å². The summed E-state index contributed by atoms with van der Waals surface area (Å²) in [6.45, 7) is 1.37. The maximum Gasteiger partial charge on any atom is 0.349 e. The lowest BCUT2D eigenvalue weighted by Gasteiger charge is -1.93. The first-order valence-corrected chi connectivity index (χ1v) is 4.27. The largest absolute Gasteiger partial charge is 0.465 e. The maximum absolute atomic E-state index is 10.9. The van der Waals surface area contributed by atoms with Gasteiger partial charge in [0.2, 0.25) is 5.91 Å². The molecule has 0 aliphatic rings. The van der Waals surface area contributed by atoms with E-state index < -0.39 is 5.97 Å². The summed E-state index contributed by atoms with van der Waals surface area (Å²) in [7, 11) is 1.29. The summed E-state index contributed by atoms with van der Waals surface area (Å²) >= 11 is 1.08. The van der Waals surface area contributed by atoms with Crippen molar-refractivity contribution in [1.82, 2.24) is 4.98 Å². The van der Waals surface area contributed by atoms with Crippen LogP contribution < -0.4 is 5.32 Å². The van der Waals surface area contributed by atoms with Crippen LogP contribution in [0.4, 0.5) is 5.13 Å². The fourth-order valence-corrected chi connectivity index (χ4v) is 1.46. The van der Waals surface area contributed by atoms with Gasteiger partial charge in [0, 0.05) is 6.92 Å². The lowest BCUT2D eigenvalue weighted by Crippen LogP contribution is -2.04. The van der Waals surface area contributed by atoms with E-state index in [2.05, 4.69) is 15.0 Å².